The van der Waals surface area contributed by atoms with Gasteiger partial charge in [0.15, 0.2) is 5.96 Å². The zero-order valence-electron chi connectivity index (χ0n) is 10.7. The Morgan fingerprint density at radius 3 is 2.56 bits per heavy atom. The number of nitrogens with zero attached hydrogens (tertiary/aromatic N) is 2. The van der Waals surface area contributed by atoms with E-state index in [-0.39, 0.29) is 30.1 Å². The van der Waals surface area contributed by atoms with Crippen molar-refractivity contribution in [3.8, 4) is 0 Å². The first-order chi connectivity index (χ1) is 7.10. The number of hydrogen-bond acceptors (Lipinski definition) is 3. The van der Waals surface area contributed by atoms with E-state index in [0.717, 1.165) is 19.6 Å². The van der Waals surface area contributed by atoms with Crippen LogP contribution in [0.5, 0.6) is 0 Å². The average Bonchev–Trinajstić information content (AvgIpc) is 2.21. The SMILES string of the molecule is CCOC(CCN(C)C)CNC(N)=NC.I. The lowest BCUT2D eigenvalue weighted by Crippen LogP contribution is -2.39. The fourth-order valence-corrected chi connectivity index (χ4v) is 1.18. The van der Waals surface area contributed by atoms with Crippen LogP contribution < -0.4 is 11.1 Å². The summed E-state index contributed by atoms with van der Waals surface area (Å²) in [6.45, 7) is 4.45. The number of hydrogen-bond donors (Lipinski definition) is 2. The second-order valence-corrected chi connectivity index (χ2v) is 3.66. The average molecular weight is 344 g/mol. The molecule has 98 valence electrons. The molecule has 0 aromatic heterocycles. The Morgan fingerprint density at radius 1 is 1.50 bits per heavy atom. The second kappa shape index (κ2) is 11.4. The van der Waals surface area contributed by atoms with E-state index in [4.69, 9.17) is 10.5 Å². The summed E-state index contributed by atoms with van der Waals surface area (Å²) >= 11 is 0. The Bertz CT molecular complexity index is 188. The molecule has 16 heavy (non-hydrogen) atoms. The third-order valence-electron chi connectivity index (χ3n) is 2.05. The molecule has 0 saturated carbocycles. The Labute approximate surface area is 116 Å². The number of nitrogens with two attached hydrogens (primary N) is 1. The van der Waals surface area contributed by atoms with Gasteiger partial charge < -0.3 is 20.7 Å². The normalized spacial score (nSPS) is 13.4. The molecule has 5 nitrogen and oxygen atoms in total. The highest BCUT2D eigenvalue weighted by atomic mass is 127. The van der Waals surface area contributed by atoms with Crippen LogP contribution in [0.25, 0.3) is 0 Å². The summed E-state index contributed by atoms with van der Waals surface area (Å²) in [5.74, 6) is 0.463. The van der Waals surface area contributed by atoms with Crippen molar-refractivity contribution in [2.75, 3.05) is 40.8 Å². The van der Waals surface area contributed by atoms with E-state index >= 15 is 0 Å². The zero-order chi connectivity index (χ0) is 11.7. The smallest absolute Gasteiger partial charge is 0.188 e. The summed E-state index contributed by atoms with van der Waals surface area (Å²) in [6.07, 6.45) is 1.18. The lowest BCUT2D eigenvalue weighted by atomic mass is 10.2. The van der Waals surface area contributed by atoms with Gasteiger partial charge in [0.25, 0.3) is 0 Å². The minimum atomic E-state index is 0. The number of nitrogens with one attached hydrogen (secondary N) is 1. The molecule has 6 heteroatoms. The molecule has 3 N–H and O–H groups in total. The van der Waals surface area contributed by atoms with Crippen molar-refractivity contribution in [1.82, 2.24) is 10.2 Å². The van der Waals surface area contributed by atoms with Gasteiger partial charge in [0.1, 0.15) is 0 Å². The first kappa shape index (κ1) is 18.3. The van der Waals surface area contributed by atoms with E-state index in [1.165, 1.54) is 0 Å². The summed E-state index contributed by atoms with van der Waals surface area (Å²) in [5.41, 5.74) is 5.55. The fourth-order valence-electron chi connectivity index (χ4n) is 1.18. The van der Waals surface area contributed by atoms with E-state index in [1.54, 1.807) is 7.05 Å². The molecule has 1 atom stereocenters. The number of halogens is 1. The molecule has 0 amide bonds. The van der Waals surface area contributed by atoms with E-state index in [9.17, 15) is 0 Å². The van der Waals surface area contributed by atoms with Crippen molar-refractivity contribution < 1.29 is 4.74 Å². The van der Waals surface area contributed by atoms with Crippen LogP contribution in [0.3, 0.4) is 0 Å². The summed E-state index contributed by atoms with van der Waals surface area (Å²) < 4.78 is 5.59. The molecule has 0 heterocycles. The van der Waals surface area contributed by atoms with Crippen LogP contribution in [-0.2, 0) is 4.74 Å². The van der Waals surface area contributed by atoms with E-state index < -0.39 is 0 Å². The zero-order valence-corrected chi connectivity index (χ0v) is 13.0. The monoisotopic (exact) mass is 344 g/mol. The maximum atomic E-state index is 5.59. The van der Waals surface area contributed by atoms with Crippen LogP contribution in [0.4, 0.5) is 0 Å². The minimum absolute atomic E-state index is 0. The molecule has 0 fully saturated rings. The largest absolute Gasteiger partial charge is 0.377 e. The topological polar surface area (TPSA) is 62.9 Å². The van der Waals surface area contributed by atoms with Gasteiger partial charge in [-0.25, -0.2) is 0 Å². The van der Waals surface area contributed by atoms with Crippen LogP contribution in [0.1, 0.15) is 13.3 Å². The van der Waals surface area contributed by atoms with E-state index in [2.05, 4.69) is 29.3 Å². The van der Waals surface area contributed by atoms with Gasteiger partial charge in [-0.3, -0.25) is 4.99 Å². The minimum Gasteiger partial charge on any atom is -0.377 e. The summed E-state index contributed by atoms with van der Waals surface area (Å²) in [6, 6.07) is 0. The van der Waals surface area contributed by atoms with Gasteiger partial charge in [-0.05, 0) is 27.4 Å². The van der Waals surface area contributed by atoms with Crippen LogP contribution in [0, 0.1) is 0 Å². The van der Waals surface area contributed by atoms with Crippen LogP contribution in [-0.4, -0.2) is 57.8 Å². The first-order valence-corrected chi connectivity index (χ1v) is 5.32. The maximum absolute atomic E-state index is 5.59. The van der Waals surface area contributed by atoms with Gasteiger partial charge in [-0.15, -0.1) is 24.0 Å². The highest BCUT2D eigenvalue weighted by molar-refractivity contribution is 14.0. The van der Waals surface area contributed by atoms with Gasteiger partial charge in [-0.2, -0.15) is 0 Å². The highest BCUT2D eigenvalue weighted by Crippen LogP contribution is 1.98. The molecule has 0 aliphatic rings. The van der Waals surface area contributed by atoms with Crippen LogP contribution >= 0.6 is 24.0 Å². The Kier molecular flexibility index (Phi) is 13.0. The molecule has 1 unspecified atom stereocenters. The van der Waals surface area contributed by atoms with Crippen molar-refractivity contribution >= 4 is 29.9 Å². The first-order valence-electron chi connectivity index (χ1n) is 5.32. The number of guanidine groups is 1. The number of ether oxygens (including phenoxy) is 1. The third kappa shape index (κ3) is 10.4. The molecule has 0 radical (unpaired) electrons. The molecule has 0 rings (SSSR count). The van der Waals surface area contributed by atoms with Gasteiger partial charge in [-0.1, -0.05) is 0 Å². The molecule has 0 saturated heterocycles. The summed E-state index contributed by atoms with van der Waals surface area (Å²) in [7, 11) is 5.77. The van der Waals surface area contributed by atoms with Gasteiger partial charge in [0, 0.05) is 26.7 Å². The molecule has 0 aromatic carbocycles. The van der Waals surface area contributed by atoms with Gasteiger partial charge in [0.05, 0.1) is 6.10 Å². The fraction of sp³-hybridized carbons (Fsp3) is 0.900. The molecule has 0 aliphatic heterocycles. The quantitative estimate of drug-likeness (QED) is 0.401. The molecular weight excluding hydrogens is 319 g/mol. The molecule has 0 bridgehead atoms. The molecular formula is C10H25IN4O. The Hall–Kier alpha value is -0.0800. The Morgan fingerprint density at radius 2 is 2.12 bits per heavy atom. The third-order valence-corrected chi connectivity index (χ3v) is 2.05. The molecule has 0 spiro atoms. The van der Waals surface area contributed by atoms with Gasteiger partial charge >= 0.3 is 0 Å². The Balaban J connectivity index is 0. The van der Waals surface area contributed by atoms with Crippen molar-refractivity contribution in [3.63, 3.8) is 0 Å². The van der Waals surface area contributed by atoms with E-state index in [0.29, 0.717) is 12.5 Å². The van der Waals surface area contributed by atoms with Crippen molar-refractivity contribution in [2.24, 2.45) is 10.7 Å². The van der Waals surface area contributed by atoms with E-state index in [1.807, 2.05) is 6.92 Å². The standard InChI is InChI=1S/C10H24N4O.HI/c1-5-15-9(6-7-14(3)4)8-13-10(11)12-2;/h9H,5-8H2,1-4H3,(H3,11,12,13);1H. The van der Waals surface area contributed by atoms with Crippen molar-refractivity contribution in [2.45, 2.75) is 19.4 Å². The predicted octanol–water partition coefficient (Wildman–Crippen LogP) is 0.495. The van der Waals surface area contributed by atoms with Crippen LogP contribution in [0.2, 0.25) is 0 Å². The van der Waals surface area contributed by atoms with Crippen molar-refractivity contribution in [1.29, 1.82) is 0 Å². The second-order valence-electron chi connectivity index (χ2n) is 3.66. The number of aliphatic imine (C=N–C) groups is 1. The lowest BCUT2D eigenvalue weighted by molar-refractivity contribution is 0.0549. The summed E-state index contributed by atoms with van der Waals surface area (Å²) in [4.78, 5) is 5.98. The predicted molar refractivity (Wildman–Crippen MR) is 79.5 cm³/mol. The molecule has 0 aromatic rings. The maximum Gasteiger partial charge on any atom is 0.188 e. The lowest BCUT2D eigenvalue weighted by Gasteiger charge is -2.19. The highest BCUT2D eigenvalue weighted by Gasteiger charge is 2.08. The van der Waals surface area contributed by atoms with Crippen molar-refractivity contribution in [3.05, 3.63) is 0 Å². The van der Waals surface area contributed by atoms with Crippen LogP contribution in [0.15, 0.2) is 4.99 Å². The number of rotatable bonds is 7. The van der Waals surface area contributed by atoms with Gasteiger partial charge in [0.2, 0.25) is 0 Å². The summed E-state index contributed by atoms with van der Waals surface area (Å²) in [5, 5.41) is 3.03. The molecule has 0 aliphatic carbocycles.